The third kappa shape index (κ3) is 3.78. The topological polar surface area (TPSA) is 70.0 Å². The van der Waals surface area contributed by atoms with Crippen LogP contribution in [0.5, 0.6) is 0 Å². The quantitative estimate of drug-likeness (QED) is 0.675. The molecule has 2 aromatic carbocycles. The molecule has 0 amide bonds. The van der Waals surface area contributed by atoms with Gasteiger partial charge in [-0.1, -0.05) is 25.1 Å². The van der Waals surface area contributed by atoms with E-state index in [1.807, 2.05) is 18.4 Å². The lowest BCUT2D eigenvalue weighted by Gasteiger charge is -2.12. The van der Waals surface area contributed by atoms with Gasteiger partial charge >= 0.3 is 0 Å². The first kappa shape index (κ1) is 15.4. The van der Waals surface area contributed by atoms with E-state index in [1.54, 1.807) is 42.5 Å². The number of hydrogen-bond donors (Lipinski definition) is 1. The highest BCUT2D eigenvalue weighted by Gasteiger charge is 2.15. The van der Waals surface area contributed by atoms with E-state index in [0.717, 1.165) is 22.2 Å². The fourth-order valence-electron chi connectivity index (χ4n) is 1.88. The van der Waals surface area contributed by atoms with Crippen LogP contribution in [0.1, 0.15) is 12.5 Å². The second-order valence-electron chi connectivity index (χ2n) is 4.28. The Morgan fingerprint density at radius 3 is 2.52 bits per heavy atom. The van der Waals surface area contributed by atoms with E-state index in [0.29, 0.717) is 12.1 Å². The average Bonchev–Trinajstić information content (AvgIpc) is 2.50. The van der Waals surface area contributed by atoms with Gasteiger partial charge in [0.05, 0.1) is 10.6 Å². The number of thioether (sulfide) groups is 1. The van der Waals surface area contributed by atoms with Gasteiger partial charge in [-0.3, -0.25) is 4.72 Å². The molecule has 0 saturated heterocycles. The molecule has 6 heteroatoms. The van der Waals surface area contributed by atoms with Gasteiger partial charge in [0.15, 0.2) is 0 Å². The summed E-state index contributed by atoms with van der Waals surface area (Å²) < 4.78 is 27.2. The van der Waals surface area contributed by atoms with Crippen LogP contribution < -0.4 is 4.72 Å². The van der Waals surface area contributed by atoms with Crippen LogP contribution in [0.3, 0.4) is 0 Å². The van der Waals surface area contributed by atoms with E-state index in [9.17, 15) is 8.42 Å². The van der Waals surface area contributed by atoms with Crippen LogP contribution in [0.2, 0.25) is 0 Å². The second kappa shape index (κ2) is 6.66. The lowest BCUT2D eigenvalue weighted by molar-refractivity contribution is 0.601. The highest BCUT2D eigenvalue weighted by molar-refractivity contribution is 8.03. The van der Waals surface area contributed by atoms with Gasteiger partial charge < -0.3 is 0 Å². The number of hydrogen-bond acceptors (Lipinski definition) is 4. The third-order valence-corrected chi connectivity index (χ3v) is 4.88. The summed E-state index contributed by atoms with van der Waals surface area (Å²) in [5, 5.41) is 10.7. The molecule has 108 valence electrons. The maximum atomic E-state index is 12.3. The van der Waals surface area contributed by atoms with Crippen LogP contribution in [-0.4, -0.2) is 8.42 Å². The Bertz CT molecular complexity index is 766. The second-order valence-corrected chi connectivity index (χ2v) is 6.82. The molecule has 0 aliphatic heterocycles. The summed E-state index contributed by atoms with van der Waals surface area (Å²) in [6.45, 7) is 1.94. The van der Waals surface area contributed by atoms with Crippen molar-refractivity contribution in [2.75, 3.05) is 4.72 Å². The molecule has 4 nitrogen and oxygen atoms in total. The van der Waals surface area contributed by atoms with Gasteiger partial charge in [-0.05, 0) is 54.1 Å². The Hall–Kier alpha value is -1.97. The fourth-order valence-corrected chi connectivity index (χ4v) is 3.45. The number of nitrogens with zero attached hydrogens (tertiary/aromatic N) is 1. The molecule has 2 aromatic rings. The van der Waals surface area contributed by atoms with E-state index in [4.69, 9.17) is 5.26 Å². The molecule has 0 spiro atoms. The highest BCUT2D eigenvalue weighted by Crippen LogP contribution is 2.26. The molecule has 0 unspecified atom stereocenters. The molecule has 0 aromatic heterocycles. The first-order chi connectivity index (χ1) is 10.1. The van der Waals surface area contributed by atoms with E-state index in [-0.39, 0.29) is 4.90 Å². The van der Waals surface area contributed by atoms with E-state index < -0.39 is 10.0 Å². The molecule has 0 aliphatic carbocycles. The van der Waals surface area contributed by atoms with Crippen LogP contribution in [0.25, 0.3) is 0 Å². The van der Waals surface area contributed by atoms with Crippen LogP contribution in [-0.2, 0) is 16.4 Å². The van der Waals surface area contributed by atoms with Crippen molar-refractivity contribution in [3.05, 3.63) is 54.1 Å². The maximum Gasteiger partial charge on any atom is 0.261 e. The molecule has 0 bridgehead atoms. The molecule has 2 rings (SSSR count). The van der Waals surface area contributed by atoms with Crippen molar-refractivity contribution in [1.29, 1.82) is 5.26 Å². The number of thiocyanates is 1. The fraction of sp³-hybridized carbons (Fsp3) is 0.133. The molecular weight excluding hydrogens is 304 g/mol. The van der Waals surface area contributed by atoms with Crippen molar-refractivity contribution in [3.8, 4) is 5.40 Å². The molecule has 0 atom stereocenters. The number of nitrogens with one attached hydrogen (secondary N) is 1. The Labute approximate surface area is 128 Å². The molecule has 0 heterocycles. The van der Waals surface area contributed by atoms with E-state index >= 15 is 0 Å². The Kier molecular flexibility index (Phi) is 4.89. The van der Waals surface area contributed by atoms with Gasteiger partial charge in [0.2, 0.25) is 0 Å². The summed E-state index contributed by atoms with van der Waals surface area (Å²) in [6.07, 6.45) is 0.673. The number of rotatable bonds is 5. The first-order valence-corrected chi connectivity index (χ1v) is 8.63. The minimum Gasteiger partial charge on any atom is -0.279 e. The monoisotopic (exact) mass is 318 g/mol. The Morgan fingerprint density at radius 1 is 1.19 bits per heavy atom. The molecule has 21 heavy (non-hydrogen) atoms. The summed E-state index contributed by atoms with van der Waals surface area (Å²) in [5.74, 6) is 0. The smallest absolute Gasteiger partial charge is 0.261 e. The SMILES string of the molecule is CCc1cc(SC#N)ccc1NS(=O)(=O)c1ccccc1. The van der Waals surface area contributed by atoms with Crippen molar-refractivity contribution < 1.29 is 8.42 Å². The Morgan fingerprint density at radius 2 is 1.90 bits per heavy atom. The standard InChI is InChI=1S/C15H14N2O2S2/c1-2-12-10-13(20-11-16)8-9-15(12)17-21(18,19)14-6-4-3-5-7-14/h3-10,17H,2H2,1H3. The van der Waals surface area contributed by atoms with Crippen molar-refractivity contribution in [2.24, 2.45) is 0 Å². The van der Waals surface area contributed by atoms with E-state index in [1.165, 1.54) is 0 Å². The minimum absolute atomic E-state index is 0.225. The largest absolute Gasteiger partial charge is 0.279 e. The Balaban J connectivity index is 2.33. The van der Waals surface area contributed by atoms with Crippen molar-refractivity contribution in [3.63, 3.8) is 0 Å². The zero-order valence-corrected chi connectivity index (χ0v) is 13.0. The summed E-state index contributed by atoms with van der Waals surface area (Å²) in [4.78, 5) is 1.03. The average molecular weight is 318 g/mol. The van der Waals surface area contributed by atoms with Crippen molar-refractivity contribution >= 4 is 27.5 Å². The summed E-state index contributed by atoms with van der Waals surface area (Å²) in [7, 11) is -3.59. The van der Waals surface area contributed by atoms with Gasteiger partial charge in [0.1, 0.15) is 5.40 Å². The van der Waals surface area contributed by atoms with Crippen LogP contribution >= 0.6 is 11.8 Å². The highest BCUT2D eigenvalue weighted by atomic mass is 32.2. The number of anilines is 1. The summed E-state index contributed by atoms with van der Waals surface area (Å²) >= 11 is 1.06. The third-order valence-electron chi connectivity index (χ3n) is 2.92. The van der Waals surface area contributed by atoms with Crippen molar-refractivity contribution in [2.45, 2.75) is 23.1 Å². The molecular formula is C15H14N2O2S2. The number of aryl methyl sites for hydroxylation is 1. The minimum atomic E-state index is -3.59. The zero-order chi connectivity index (χ0) is 15.3. The predicted octanol–water partition coefficient (Wildman–Crippen LogP) is 3.62. The number of nitriles is 1. The van der Waals surface area contributed by atoms with Gasteiger partial charge in [-0.25, -0.2) is 8.42 Å². The summed E-state index contributed by atoms with van der Waals surface area (Å²) in [6, 6.07) is 13.5. The maximum absolute atomic E-state index is 12.3. The van der Waals surface area contributed by atoms with E-state index in [2.05, 4.69) is 4.72 Å². The normalized spacial score (nSPS) is 10.9. The zero-order valence-electron chi connectivity index (χ0n) is 11.4. The van der Waals surface area contributed by atoms with Gasteiger partial charge in [0, 0.05) is 4.90 Å². The predicted molar refractivity (Wildman–Crippen MR) is 84.5 cm³/mol. The van der Waals surface area contributed by atoms with Gasteiger partial charge in [-0.2, -0.15) is 5.26 Å². The molecule has 0 fully saturated rings. The number of benzene rings is 2. The first-order valence-electron chi connectivity index (χ1n) is 6.33. The lowest BCUT2D eigenvalue weighted by Crippen LogP contribution is -2.14. The molecule has 1 N–H and O–H groups in total. The van der Waals surface area contributed by atoms with Gasteiger partial charge in [0.25, 0.3) is 10.0 Å². The van der Waals surface area contributed by atoms with Gasteiger partial charge in [-0.15, -0.1) is 0 Å². The van der Waals surface area contributed by atoms with Crippen LogP contribution in [0.15, 0.2) is 58.3 Å². The molecule has 0 aliphatic rings. The molecule has 0 radical (unpaired) electrons. The number of sulfonamides is 1. The van der Waals surface area contributed by atoms with Crippen LogP contribution in [0.4, 0.5) is 5.69 Å². The lowest BCUT2D eigenvalue weighted by atomic mass is 10.1. The van der Waals surface area contributed by atoms with Crippen molar-refractivity contribution in [1.82, 2.24) is 0 Å². The molecule has 0 saturated carbocycles. The summed E-state index contributed by atoms with van der Waals surface area (Å²) in [5.41, 5.74) is 1.40. The van der Waals surface area contributed by atoms with Crippen LogP contribution in [0, 0.1) is 10.7 Å².